The van der Waals surface area contributed by atoms with Crippen molar-refractivity contribution in [1.29, 1.82) is 0 Å². The van der Waals surface area contributed by atoms with Crippen molar-refractivity contribution in [3.63, 3.8) is 0 Å². The molecule has 1 atom stereocenters. The van der Waals surface area contributed by atoms with Gasteiger partial charge in [0, 0.05) is 16.8 Å². The Hall–Kier alpha value is -3.21. The Kier molecular flexibility index (Phi) is 6.20. The average Bonchev–Trinajstić information content (AvgIpc) is 2.69. The van der Waals surface area contributed by atoms with E-state index in [1.807, 2.05) is 71.0 Å². The summed E-state index contributed by atoms with van der Waals surface area (Å²) in [4.78, 5) is 30.4. The SMILES string of the molecule is CCc1nc2ccccc2c(C(=O)O[C@@H](C)C(=O)Nc2c(C)cc(C)cc2C)c1C. The fourth-order valence-electron chi connectivity index (χ4n) is 3.84. The van der Waals surface area contributed by atoms with Crippen molar-refractivity contribution in [2.45, 2.75) is 54.1 Å². The van der Waals surface area contributed by atoms with Crippen LogP contribution < -0.4 is 5.32 Å². The first-order valence-electron chi connectivity index (χ1n) is 10.2. The van der Waals surface area contributed by atoms with Gasteiger partial charge in [-0.2, -0.15) is 0 Å². The number of carbonyl (C=O) groups is 2. The van der Waals surface area contributed by atoms with E-state index in [-0.39, 0.29) is 5.91 Å². The van der Waals surface area contributed by atoms with Gasteiger partial charge in [0.15, 0.2) is 6.10 Å². The monoisotopic (exact) mass is 404 g/mol. The minimum Gasteiger partial charge on any atom is -0.449 e. The van der Waals surface area contributed by atoms with Crippen molar-refractivity contribution < 1.29 is 14.3 Å². The third-order valence-corrected chi connectivity index (χ3v) is 5.35. The molecule has 1 aromatic heterocycles. The van der Waals surface area contributed by atoms with Crippen LogP contribution >= 0.6 is 0 Å². The van der Waals surface area contributed by atoms with Crippen LogP contribution in [0.3, 0.4) is 0 Å². The van der Waals surface area contributed by atoms with Gasteiger partial charge >= 0.3 is 5.97 Å². The van der Waals surface area contributed by atoms with Gasteiger partial charge in [0.05, 0.1) is 11.1 Å². The number of para-hydroxylation sites is 1. The Balaban J connectivity index is 1.86. The first kappa shape index (κ1) is 21.5. The van der Waals surface area contributed by atoms with Crippen molar-refractivity contribution in [3.8, 4) is 0 Å². The van der Waals surface area contributed by atoms with E-state index in [0.717, 1.165) is 44.5 Å². The van der Waals surface area contributed by atoms with Crippen LogP contribution in [0.2, 0.25) is 0 Å². The van der Waals surface area contributed by atoms with Gasteiger partial charge in [0.2, 0.25) is 0 Å². The van der Waals surface area contributed by atoms with Crippen molar-refractivity contribution >= 4 is 28.5 Å². The number of ether oxygens (including phenoxy) is 1. The maximum absolute atomic E-state index is 13.1. The van der Waals surface area contributed by atoms with E-state index < -0.39 is 12.1 Å². The summed E-state index contributed by atoms with van der Waals surface area (Å²) in [6.45, 7) is 11.4. The molecule has 3 rings (SSSR count). The van der Waals surface area contributed by atoms with Gasteiger partial charge in [0.25, 0.3) is 5.91 Å². The number of fused-ring (bicyclic) bond motifs is 1. The van der Waals surface area contributed by atoms with Gasteiger partial charge in [-0.3, -0.25) is 9.78 Å². The molecule has 0 fully saturated rings. The lowest BCUT2D eigenvalue weighted by Gasteiger charge is -2.18. The number of hydrogen-bond acceptors (Lipinski definition) is 4. The molecule has 0 bridgehead atoms. The van der Waals surface area contributed by atoms with Crippen LogP contribution in [0.5, 0.6) is 0 Å². The molecule has 0 aliphatic heterocycles. The van der Waals surface area contributed by atoms with Gasteiger partial charge in [0.1, 0.15) is 0 Å². The number of benzene rings is 2. The lowest BCUT2D eigenvalue weighted by molar-refractivity contribution is -0.123. The number of aromatic nitrogens is 1. The van der Waals surface area contributed by atoms with Gasteiger partial charge in [-0.25, -0.2) is 4.79 Å². The molecule has 2 aromatic carbocycles. The summed E-state index contributed by atoms with van der Waals surface area (Å²) in [5.41, 5.74) is 6.70. The summed E-state index contributed by atoms with van der Waals surface area (Å²) in [5.74, 6) is -0.870. The molecule has 0 aliphatic rings. The zero-order chi connectivity index (χ0) is 22.0. The first-order valence-corrected chi connectivity index (χ1v) is 10.2. The molecule has 1 N–H and O–H groups in total. The lowest BCUT2D eigenvalue weighted by atomic mass is 10.0. The number of nitrogens with one attached hydrogen (secondary N) is 1. The first-order chi connectivity index (χ1) is 14.2. The Morgan fingerprint density at radius 3 is 2.33 bits per heavy atom. The summed E-state index contributed by atoms with van der Waals surface area (Å²) in [7, 11) is 0. The maximum atomic E-state index is 13.1. The third-order valence-electron chi connectivity index (χ3n) is 5.35. The standard InChI is InChI=1S/C25H28N2O3/c1-7-20-17(5)22(19-10-8-9-11-21(19)26-20)25(29)30-18(6)24(28)27-23-15(3)12-14(2)13-16(23)4/h8-13,18H,7H2,1-6H3,(H,27,28)/t18-/m0/s1. The van der Waals surface area contributed by atoms with E-state index in [1.54, 1.807) is 6.92 Å². The lowest BCUT2D eigenvalue weighted by Crippen LogP contribution is -2.31. The highest BCUT2D eigenvalue weighted by Gasteiger charge is 2.24. The molecule has 30 heavy (non-hydrogen) atoms. The number of anilines is 1. The van der Waals surface area contributed by atoms with E-state index in [0.29, 0.717) is 12.0 Å². The number of aryl methyl sites for hydroxylation is 4. The second kappa shape index (κ2) is 8.66. The molecule has 3 aromatic rings. The molecule has 0 unspecified atom stereocenters. The summed E-state index contributed by atoms with van der Waals surface area (Å²) >= 11 is 0. The van der Waals surface area contributed by atoms with Gasteiger partial charge in [-0.05, 0) is 63.8 Å². The highest BCUT2D eigenvalue weighted by molar-refractivity contribution is 6.06. The smallest absolute Gasteiger partial charge is 0.339 e. The van der Waals surface area contributed by atoms with E-state index in [2.05, 4.69) is 10.3 Å². The number of amides is 1. The zero-order valence-electron chi connectivity index (χ0n) is 18.4. The summed E-state index contributed by atoms with van der Waals surface area (Å²) < 4.78 is 5.58. The normalized spacial score (nSPS) is 11.9. The number of pyridine rings is 1. The van der Waals surface area contributed by atoms with E-state index >= 15 is 0 Å². The number of rotatable bonds is 5. The number of hydrogen-bond donors (Lipinski definition) is 1. The van der Waals surface area contributed by atoms with Crippen LogP contribution in [-0.4, -0.2) is 23.0 Å². The minimum absolute atomic E-state index is 0.356. The molecule has 0 saturated carbocycles. The topological polar surface area (TPSA) is 68.3 Å². The number of carbonyl (C=O) groups excluding carboxylic acids is 2. The molecule has 0 radical (unpaired) electrons. The predicted molar refractivity (Wildman–Crippen MR) is 120 cm³/mol. The molecule has 1 heterocycles. The van der Waals surface area contributed by atoms with Crippen LogP contribution in [0.4, 0.5) is 5.69 Å². The quantitative estimate of drug-likeness (QED) is 0.592. The molecule has 5 heteroatoms. The highest BCUT2D eigenvalue weighted by Crippen LogP contribution is 2.26. The molecule has 156 valence electrons. The van der Waals surface area contributed by atoms with E-state index in [1.165, 1.54) is 0 Å². The molecular formula is C25H28N2O3. The van der Waals surface area contributed by atoms with E-state index in [9.17, 15) is 9.59 Å². The Morgan fingerprint density at radius 2 is 1.70 bits per heavy atom. The third kappa shape index (κ3) is 4.20. The van der Waals surface area contributed by atoms with Crippen LogP contribution in [0, 0.1) is 27.7 Å². The number of esters is 1. The summed E-state index contributed by atoms with van der Waals surface area (Å²) in [5, 5.41) is 3.64. The van der Waals surface area contributed by atoms with Gasteiger partial charge < -0.3 is 10.1 Å². The van der Waals surface area contributed by atoms with Crippen molar-refractivity contribution in [1.82, 2.24) is 4.98 Å². The summed E-state index contributed by atoms with van der Waals surface area (Å²) in [6.07, 6.45) is -0.229. The summed E-state index contributed by atoms with van der Waals surface area (Å²) in [6, 6.07) is 11.5. The Labute approximate surface area is 177 Å². The molecule has 1 amide bonds. The minimum atomic E-state index is -0.936. The average molecular weight is 405 g/mol. The van der Waals surface area contributed by atoms with Crippen LogP contribution in [0.1, 0.15) is 52.2 Å². The largest absolute Gasteiger partial charge is 0.449 e. The van der Waals surface area contributed by atoms with Crippen LogP contribution in [-0.2, 0) is 16.0 Å². The highest BCUT2D eigenvalue weighted by atomic mass is 16.5. The van der Waals surface area contributed by atoms with Crippen LogP contribution in [0.15, 0.2) is 36.4 Å². The molecule has 0 saturated heterocycles. The van der Waals surface area contributed by atoms with Crippen molar-refractivity contribution in [2.24, 2.45) is 0 Å². The molecule has 0 spiro atoms. The molecular weight excluding hydrogens is 376 g/mol. The second-order valence-electron chi connectivity index (χ2n) is 7.74. The van der Waals surface area contributed by atoms with E-state index in [4.69, 9.17) is 4.74 Å². The fraction of sp³-hybridized carbons (Fsp3) is 0.320. The second-order valence-corrected chi connectivity index (χ2v) is 7.74. The Bertz CT molecular complexity index is 1110. The van der Waals surface area contributed by atoms with Crippen molar-refractivity contribution in [3.05, 3.63) is 69.9 Å². The fourth-order valence-corrected chi connectivity index (χ4v) is 3.84. The number of nitrogens with zero attached hydrogens (tertiary/aromatic N) is 1. The molecule has 0 aliphatic carbocycles. The maximum Gasteiger partial charge on any atom is 0.339 e. The van der Waals surface area contributed by atoms with Gasteiger partial charge in [-0.1, -0.05) is 42.8 Å². The van der Waals surface area contributed by atoms with Gasteiger partial charge in [-0.15, -0.1) is 0 Å². The molecule has 5 nitrogen and oxygen atoms in total. The Morgan fingerprint density at radius 1 is 1.07 bits per heavy atom. The van der Waals surface area contributed by atoms with Crippen molar-refractivity contribution in [2.75, 3.05) is 5.32 Å². The van der Waals surface area contributed by atoms with Crippen LogP contribution in [0.25, 0.3) is 10.9 Å². The zero-order valence-corrected chi connectivity index (χ0v) is 18.4. The predicted octanol–water partition coefficient (Wildman–Crippen LogP) is 5.21.